The normalized spacial score (nSPS) is 11.0. The first-order valence-electron chi connectivity index (χ1n) is 8.94. The van der Waals surface area contributed by atoms with E-state index >= 15 is 0 Å². The molecule has 8 heteroatoms. The van der Waals surface area contributed by atoms with Crippen LogP contribution in [0, 0.1) is 25.5 Å². The highest BCUT2D eigenvalue weighted by atomic mass is 32.1. The van der Waals surface area contributed by atoms with Crippen molar-refractivity contribution in [3.05, 3.63) is 79.3 Å². The molecule has 146 valence electrons. The molecule has 0 aliphatic heterocycles. The minimum atomic E-state index is -0.292. The molecular weight excluding hydrogens is 404 g/mol. The number of H-pyrrole nitrogens is 1. The molecule has 2 heterocycles. The van der Waals surface area contributed by atoms with E-state index in [1.165, 1.54) is 15.9 Å². The Kier molecular flexibility index (Phi) is 4.89. The first-order valence-corrected chi connectivity index (χ1v) is 10.2. The third kappa shape index (κ3) is 3.52. The Balaban J connectivity index is 1.80. The Labute approximate surface area is 175 Å². The van der Waals surface area contributed by atoms with Crippen LogP contribution in [0.1, 0.15) is 26.4 Å². The average Bonchev–Trinajstić information content (AvgIpc) is 3.09. The third-order valence-electron chi connectivity index (χ3n) is 4.82. The Hall–Kier alpha value is -3.10. The maximum Gasteiger partial charge on any atom is 0.266 e. The summed E-state index contributed by atoms with van der Waals surface area (Å²) in [7, 11) is 0. The van der Waals surface area contributed by atoms with Gasteiger partial charge in [-0.1, -0.05) is 12.1 Å². The standard InChI is InChI=1S/C21H18N4O2S2/c1-11-5-4-6-17(13(11)3)25-19(27)15-8-7-14(9-16(15)23-21(25)28)18(26)24-20-22-10-12(2)29-20/h4-10H,1-3H3,(H,23,28)(H,22,24,26). The monoisotopic (exact) mass is 422 g/mol. The third-order valence-corrected chi connectivity index (χ3v) is 5.93. The molecule has 0 bridgehead atoms. The van der Waals surface area contributed by atoms with Gasteiger partial charge in [0.05, 0.1) is 16.6 Å². The lowest BCUT2D eigenvalue weighted by molar-refractivity contribution is 0.102. The largest absolute Gasteiger partial charge is 0.331 e. The van der Waals surface area contributed by atoms with Crippen LogP contribution in [-0.4, -0.2) is 20.4 Å². The number of nitrogens with one attached hydrogen (secondary N) is 2. The molecule has 0 fully saturated rings. The fourth-order valence-corrected chi connectivity index (χ4v) is 4.09. The van der Waals surface area contributed by atoms with Crippen molar-refractivity contribution >= 4 is 45.5 Å². The predicted molar refractivity (Wildman–Crippen MR) is 119 cm³/mol. The molecule has 2 N–H and O–H groups in total. The van der Waals surface area contributed by atoms with Gasteiger partial charge >= 0.3 is 0 Å². The van der Waals surface area contributed by atoms with Gasteiger partial charge in [0, 0.05) is 16.6 Å². The Morgan fingerprint density at radius 1 is 1.21 bits per heavy atom. The molecule has 1 amide bonds. The second kappa shape index (κ2) is 7.38. The average molecular weight is 423 g/mol. The predicted octanol–water partition coefficient (Wildman–Crippen LogP) is 4.68. The lowest BCUT2D eigenvalue weighted by atomic mass is 10.1. The van der Waals surface area contributed by atoms with Crippen LogP contribution < -0.4 is 10.9 Å². The first-order chi connectivity index (χ1) is 13.8. The summed E-state index contributed by atoms with van der Waals surface area (Å²) in [6.07, 6.45) is 1.70. The number of aryl methyl sites for hydroxylation is 2. The maximum atomic E-state index is 13.2. The molecule has 0 unspecified atom stereocenters. The van der Waals surface area contributed by atoms with Crippen LogP contribution >= 0.6 is 23.6 Å². The molecule has 2 aromatic heterocycles. The van der Waals surface area contributed by atoms with Gasteiger partial charge in [-0.25, -0.2) is 4.98 Å². The summed E-state index contributed by atoms with van der Waals surface area (Å²) in [4.78, 5) is 33.9. The van der Waals surface area contributed by atoms with E-state index in [0.717, 1.165) is 21.7 Å². The summed E-state index contributed by atoms with van der Waals surface area (Å²) in [5.41, 5.74) is 3.53. The fourth-order valence-electron chi connectivity index (χ4n) is 3.14. The summed E-state index contributed by atoms with van der Waals surface area (Å²) in [5.74, 6) is -0.292. The lowest BCUT2D eigenvalue weighted by Crippen LogP contribution is -2.22. The van der Waals surface area contributed by atoms with Gasteiger partial charge in [0.1, 0.15) is 0 Å². The number of rotatable bonds is 3. The van der Waals surface area contributed by atoms with E-state index in [9.17, 15) is 9.59 Å². The summed E-state index contributed by atoms with van der Waals surface area (Å²) in [6.45, 7) is 5.88. The van der Waals surface area contributed by atoms with Crippen LogP contribution in [0.4, 0.5) is 5.13 Å². The van der Waals surface area contributed by atoms with Crippen LogP contribution in [-0.2, 0) is 0 Å². The van der Waals surface area contributed by atoms with Gasteiger partial charge in [-0.3, -0.25) is 19.5 Å². The topological polar surface area (TPSA) is 79.8 Å². The number of carbonyl (C=O) groups excluding carboxylic acids is 1. The molecule has 0 aliphatic carbocycles. The molecule has 0 atom stereocenters. The number of hydrogen-bond acceptors (Lipinski definition) is 5. The van der Waals surface area contributed by atoms with Crippen LogP contribution in [0.25, 0.3) is 16.6 Å². The van der Waals surface area contributed by atoms with Crippen molar-refractivity contribution in [2.24, 2.45) is 0 Å². The summed E-state index contributed by atoms with van der Waals surface area (Å²) >= 11 is 6.87. The summed E-state index contributed by atoms with van der Waals surface area (Å²) in [6, 6.07) is 10.7. The van der Waals surface area contributed by atoms with E-state index in [1.807, 2.05) is 39.0 Å². The highest BCUT2D eigenvalue weighted by molar-refractivity contribution is 7.71. The molecule has 0 saturated carbocycles. The van der Waals surface area contributed by atoms with Gasteiger partial charge in [-0.05, 0) is 68.4 Å². The molecule has 2 aromatic carbocycles. The number of aromatic amines is 1. The second-order valence-electron chi connectivity index (χ2n) is 6.78. The minimum Gasteiger partial charge on any atom is -0.331 e. The number of hydrogen-bond donors (Lipinski definition) is 2. The quantitative estimate of drug-likeness (QED) is 0.470. The van der Waals surface area contributed by atoms with Crippen molar-refractivity contribution in [3.63, 3.8) is 0 Å². The van der Waals surface area contributed by atoms with Crippen molar-refractivity contribution in [3.8, 4) is 5.69 Å². The van der Waals surface area contributed by atoms with E-state index in [4.69, 9.17) is 12.2 Å². The van der Waals surface area contributed by atoms with Gasteiger partial charge in [-0.15, -0.1) is 11.3 Å². The number of fused-ring (bicyclic) bond motifs is 1. The van der Waals surface area contributed by atoms with E-state index in [0.29, 0.717) is 21.6 Å². The van der Waals surface area contributed by atoms with Gasteiger partial charge in [0.2, 0.25) is 0 Å². The molecule has 0 aliphatic rings. The number of benzene rings is 2. The zero-order valence-electron chi connectivity index (χ0n) is 16.1. The highest BCUT2D eigenvalue weighted by Crippen LogP contribution is 2.20. The number of anilines is 1. The van der Waals surface area contributed by atoms with Crippen molar-refractivity contribution in [1.82, 2.24) is 14.5 Å². The molecule has 4 rings (SSSR count). The van der Waals surface area contributed by atoms with Crippen molar-refractivity contribution in [1.29, 1.82) is 0 Å². The highest BCUT2D eigenvalue weighted by Gasteiger charge is 2.14. The van der Waals surface area contributed by atoms with Crippen LogP contribution in [0.15, 0.2) is 47.4 Å². The van der Waals surface area contributed by atoms with Gasteiger partial charge < -0.3 is 4.98 Å². The molecule has 29 heavy (non-hydrogen) atoms. The van der Waals surface area contributed by atoms with Crippen molar-refractivity contribution in [2.45, 2.75) is 20.8 Å². The van der Waals surface area contributed by atoms with E-state index < -0.39 is 0 Å². The summed E-state index contributed by atoms with van der Waals surface area (Å²) < 4.78 is 1.78. The lowest BCUT2D eigenvalue weighted by Gasteiger charge is -2.13. The molecule has 0 saturated heterocycles. The van der Waals surface area contributed by atoms with E-state index in [1.54, 1.807) is 24.4 Å². The van der Waals surface area contributed by atoms with E-state index in [-0.39, 0.29) is 16.2 Å². The SMILES string of the molecule is Cc1cnc(NC(=O)c2ccc3c(=O)n(-c4cccc(C)c4C)c(=S)[nH]c3c2)s1. The zero-order valence-corrected chi connectivity index (χ0v) is 17.7. The zero-order chi connectivity index (χ0) is 20.7. The van der Waals surface area contributed by atoms with Crippen LogP contribution in [0.3, 0.4) is 0 Å². The van der Waals surface area contributed by atoms with Gasteiger partial charge in [0.25, 0.3) is 11.5 Å². The van der Waals surface area contributed by atoms with E-state index in [2.05, 4.69) is 15.3 Å². The molecule has 0 radical (unpaired) electrons. The maximum absolute atomic E-state index is 13.2. The first kappa shape index (κ1) is 19.2. The van der Waals surface area contributed by atoms with Crippen molar-refractivity contribution in [2.75, 3.05) is 5.32 Å². The fraction of sp³-hybridized carbons (Fsp3) is 0.143. The van der Waals surface area contributed by atoms with Crippen molar-refractivity contribution < 1.29 is 4.79 Å². The minimum absolute atomic E-state index is 0.222. The Bertz CT molecular complexity index is 1380. The number of nitrogens with zero attached hydrogens (tertiary/aromatic N) is 2. The molecule has 0 spiro atoms. The number of amides is 1. The number of thiazole rings is 1. The molecule has 6 nitrogen and oxygen atoms in total. The Morgan fingerprint density at radius 3 is 2.72 bits per heavy atom. The molecular formula is C21H18N4O2S2. The number of carbonyl (C=O) groups is 1. The second-order valence-corrected chi connectivity index (χ2v) is 8.40. The molecule has 4 aromatic rings. The smallest absolute Gasteiger partial charge is 0.266 e. The van der Waals surface area contributed by atoms with Crippen LogP contribution in [0.5, 0.6) is 0 Å². The Morgan fingerprint density at radius 2 is 2.00 bits per heavy atom. The van der Waals surface area contributed by atoms with Gasteiger partial charge in [0.15, 0.2) is 9.90 Å². The number of aromatic nitrogens is 3. The van der Waals surface area contributed by atoms with Gasteiger partial charge in [-0.2, -0.15) is 0 Å². The van der Waals surface area contributed by atoms with Crippen LogP contribution in [0.2, 0.25) is 0 Å². The summed E-state index contributed by atoms with van der Waals surface area (Å²) in [5, 5.41) is 3.76.